The summed E-state index contributed by atoms with van der Waals surface area (Å²) in [6.45, 7) is 12.4. The molecule has 0 radical (unpaired) electrons. The Balaban J connectivity index is 1.46. The van der Waals surface area contributed by atoms with Gasteiger partial charge >= 0.3 is 0 Å². The molecule has 2 aromatic rings. The van der Waals surface area contributed by atoms with Gasteiger partial charge in [0.2, 0.25) is 0 Å². The maximum Gasteiger partial charge on any atom is 0.123 e. The van der Waals surface area contributed by atoms with E-state index in [4.69, 9.17) is 9.47 Å². The van der Waals surface area contributed by atoms with Gasteiger partial charge in [-0.3, -0.25) is 9.80 Å². The van der Waals surface area contributed by atoms with E-state index in [-0.39, 0.29) is 5.41 Å². The van der Waals surface area contributed by atoms with Gasteiger partial charge in [0.05, 0.1) is 7.11 Å². The van der Waals surface area contributed by atoms with Crippen LogP contribution in [0.25, 0.3) is 0 Å². The van der Waals surface area contributed by atoms with E-state index in [9.17, 15) is 5.11 Å². The fourth-order valence-electron chi connectivity index (χ4n) is 3.86. The Morgan fingerprint density at radius 2 is 1.63 bits per heavy atom. The molecule has 1 fully saturated rings. The van der Waals surface area contributed by atoms with E-state index in [0.717, 1.165) is 49.8 Å². The lowest BCUT2D eigenvalue weighted by Crippen LogP contribution is -2.48. The van der Waals surface area contributed by atoms with Crippen molar-refractivity contribution in [2.45, 2.75) is 38.8 Å². The first kappa shape index (κ1) is 22.6. The Bertz CT molecular complexity index is 781. The van der Waals surface area contributed by atoms with Crippen molar-refractivity contribution < 1.29 is 14.6 Å². The van der Waals surface area contributed by atoms with Crippen molar-refractivity contribution in [3.63, 3.8) is 0 Å². The Hall–Kier alpha value is -2.08. The van der Waals surface area contributed by atoms with E-state index in [1.807, 2.05) is 18.2 Å². The van der Waals surface area contributed by atoms with Gasteiger partial charge in [0.1, 0.15) is 24.2 Å². The zero-order valence-corrected chi connectivity index (χ0v) is 18.8. The van der Waals surface area contributed by atoms with Crippen molar-refractivity contribution in [2.24, 2.45) is 0 Å². The van der Waals surface area contributed by atoms with Gasteiger partial charge in [-0.1, -0.05) is 51.1 Å². The predicted octanol–water partition coefficient (Wildman–Crippen LogP) is 3.55. The molecule has 1 N–H and O–H groups in total. The average Bonchev–Trinajstić information content (AvgIpc) is 2.73. The van der Waals surface area contributed by atoms with Crippen LogP contribution in [0.4, 0.5) is 0 Å². The van der Waals surface area contributed by atoms with E-state index >= 15 is 0 Å². The molecule has 164 valence electrons. The van der Waals surface area contributed by atoms with E-state index in [1.165, 1.54) is 5.56 Å². The van der Waals surface area contributed by atoms with Crippen LogP contribution in [0.15, 0.2) is 48.5 Å². The van der Waals surface area contributed by atoms with Crippen molar-refractivity contribution in [1.29, 1.82) is 0 Å². The molecule has 0 amide bonds. The van der Waals surface area contributed by atoms with E-state index in [0.29, 0.717) is 13.2 Å². The van der Waals surface area contributed by atoms with E-state index in [2.05, 4.69) is 60.9 Å². The minimum Gasteiger partial charge on any atom is -0.497 e. The second kappa shape index (κ2) is 10.3. The number of nitrogens with zero attached hydrogens (tertiary/aromatic N) is 2. The number of piperazine rings is 1. The van der Waals surface area contributed by atoms with Gasteiger partial charge in [-0.05, 0) is 29.2 Å². The summed E-state index contributed by atoms with van der Waals surface area (Å²) >= 11 is 0. The van der Waals surface area contributed by atoms with Crippen molar-refractivity contribution in [3.8, 4) is 11.5 Å². The van der Waals surface area contributed by atoms with Gasteiger partial charge in [0.15, 0.2) is 0 Å². The van der Waals surface area contributed by atoms with E-state index in [1.54, 1.807) is 7.11 Å². The van der Waals surface area contributed by atoms with Crippen LogP contribution in [0.3, 0.4) is 0 Å². The van der Waals surface area contributed by atoms with Gasteiger partial charge in [0, 0.05) is 44.8 Å². The van der Waals surface area contributed by atoms with Crippen molar-refractivity contribution in [1.82, 2.24) is 9.80 Å². The molecule has 0 aliphatic carbocycles. The largest absolute Gasteiger partial charge is 0.497 e. The normalized spacial score (nSPS) is 17.0. The maximum atomic E-state index is 10.6. The number of hydrogen-bond donors (Lipinski definition) is 1. The van der Waals surface area contributed by atoms with Gasteiger partial charge in [-0.15, -0.1) is 0 Å². The Kier molecular flexibility index (Phi) is 7.75. The van der Waals surface area contributed by atoms with Crippen LogP contribution in [-0.2, 0) is 12.0 Å². The third-order valence-corrected chi connectivity index (χ3v) is 5.61. The minimum atomic E-state index is -0.513. The van der Waals surface area contributed by atoms with Crippen LogP contribution in [-0.4, -0.2) is 67.5 Å². The highest BCUT2D eigenvalue weighted by Gasteiger charge is 2.22. The zero-order chi connectivity index (χ0) is 21.6. The first-order chi connectivity index (χ1) is 14.3. The number of hydrogen-bond acceptors (Lipinski definition) is 5. The summed E-state index contributed by atoms with van der Waals surface area (Å²) in [4.78, 5) is 4.80. The lowest BCUT2D eigenvalue weighted by molar-refractivity contribution is 0.0442. The number of rotatable bonds is 8. The molecule has 1 atom stereocenters. The molecule has 3 rings (SSSR count). The summed E-state index contributed by atoms with van der Waals surface area (Å²) in [5, 5.41) is 10.6. The summed E-state index contributed by atoms with van der Waals surface area (Å²) in [6, 6.07) is 16.5. The molecule has 0 aromatic heterocycles. The topological polar surface area (TPSA) is 45.2 Å². The van der Waals surface area contributed by atoms with Crippen LogP contribution in [0.1, 0.15) is 31.9 Å². The summed E-state index contributed by atoms with van der Waals surface area (Å²) in [5.74, 6) is 1.64. The van der Waals surface area contributed by atoms with Crippen LogP contribution < -0.4 is 9.47 Å². The molecule has 1 aliphatic heterocycles. The second-order valence-corrected chi connectivity index (χ2v) is 9.14. The van der Waals surface area contributed by atoms with Crippen LogP contribution >= 0.6 is 0 Å². The molecule has 5 heteroatoms. The zero-order valence-electron chi connectivity index (χ0n) is 18.8. The standard InChI is InChI=1S/C25H36N2O3/c1-25(2,3)23-16-22(29-4)10-11-24(23)30-19-21(28)18-27-14-12-26(13-15-27)17-20-8-6-5-7-9-20/h5-11,16,21,28H,12-15,17-19H2,1-4H3/t21-/m0/s1. The number of benzene rings is 2. The molecule has 1 heterocycles. The first-order valence-corrected chi connectivity index (χ1v) is 10.8. The number of aliphatic hydroxyl groups is 1. The highest BCUT2D eigenvalue weighted by Crippen LogP contribution is 2.34. The molecule has 0 spiro atoms. The van der Waals surface area contributed by atoms with Gasteiger partial charge < -0.3 is 14.6 Å². The summed E-state index contributed by atoms with van der Waals surface area (Å²) in [7, 11) is 1.67. The molecule has 2 aromatic carbocycles. The summed E-state index contributed by atoms with van der Waals surface area (Å²) < 4.78 is 11.4. The lowest BCUT2D eigenvalue weighted by Gasteiger charge is -2.35. The maximum absolute atomic E-state index is 10.6. The predicted molar refractivity (Wildman–Crippen MR) is 121 cm³/mol. The monoisotopic (exact) mass is 412 g/mol. The van der Waals surface area contributed by atoms with Crippen molar-refractivity contribution in [2.75, 3.05) is 46.4 Å². The quantitative estimate of drug-likeness (QED) is 0.718. The molecule has 5 nitrogen and oxygen atoms in total. The summed E-state index contributed by atoms with van der Waals surface area (Å²) in [5.41, 5.74) is 2.38. The molecule has 0 bridgehead atoms. The van der Waals surface area contributed by atoms with Crippen molar-refractivity contribution in [3.05, 3.63) is 59.7 Å². The molecular weight excluding hydrogens is 376 g/mol. The van der Waals surface area contributed by atoms with Gasteiger partial charge in [-0.25, -0.2) is 0 Å². The number of aliphatic hydroxyl groups excluding tert-OH is 1. The SMILES string of the molecule is COc1ccc(OC[C@@H](O)CN2CCN(Cc3ccccc3)CC2)c(C(C)(C)C)c1. The second-order valence-electron chi connectivity index (χ2n) is 9.14. The number of β-amino-alcohol motifs (C(OH)–C–C–N with tert-alkyl or cyclic N) is 1. The average molecular weight is 413 g/mol. The first-order valence-electron chi connectivity index (χ1n) is 10.8. The molecule has 0 unspecified atom stereocenters. The van der Waals surface area contributed by atoms with Crippen LogP contribution in [0, 0.1) is 0 Å². The number of ether oxygens (including phenoxy) is 2. The fourth-order valence-corrected chi connectivity index (χ4v) is 3.86. The third kappa shape index (κ3) is 6.46. The fraction of sp³-hybridized carbons (Fsp3) is 0.520. The Labute approximate surface area is 181 Å². The number of methoxy groups -OCH3 is 1. The van der Waals surface area contributed by atoms with Crippen molar-refractivity contribution >= 4 is 0 Å². The van der Waals surface area contributed by atoms with Crippen LogP contribution in [0.2, 0.25) is 0 Å². The third-order valence-electron chi connectivity index (χ3n) is 5.61. The Morgan fingerprint density at radius 3 is 2.27 bits per heavy atom. The molecule has 30 heavy (non-hydrogen) atoms. The molecule has 1 saturated heterocycles. The highest BCUT2D eigenvalue weighted by atomic mass is 16.5. The highest BCUT2D eigenvalue weighted by molar-refractivity contribution is 5.44. The molecule has 0 saturated carbocycles. The smallest absolute Gasteiger partial charge is 0.123 e. The minimum absolute atomic E-state index is 0.0656. The molecule has 1 aliphatic rings. The summed E-state index contributed by atoms with van der Waals surface area (Å²) in [6.07, 6.45) is -0.513. The van der Waals surface area contributed by atoms with Gasteiger partial charge in [-0.2, -0.15) is 0 Å². The van der Waals surface area contributed by atoms with Crippen LogP contribution in [0.5, 0.6) is 11.5 Å². The molecular formula is C25H36N2O3. The Morgan fingerprint density at radius 1 is 0.967 bits per heavy atom. The lowest BCUT2D eigenvalue weighted by atomic mass is 9.86. The van der Waals surface area contributed by atoms with E-state index < -0.39 is 6.10 Å². The van der Waals surface area contributed by atoms with Gasteiger partial charge in [0.25, 0.3) is 0 Å².